The third-order valence-electron chi connectivity index (χ3n) is 9.20. The Morgan fingerprint density at radius 2 is 1.70 bits per heavy atom. The molecule has 3 aromatic carbocycles. The van der Waals surface area contributed by atoms with Crippen molar-refractivity contribution in [2.45, 2.75) is 56.8 Å². The molecule has 0 aliphatic carbocycles. The zero-order valence-corrected chi connectivity index (χ0v) is 25.8. The number of nitrogens with one attached hydrogen (secondary N) is 1. The Labute approximate surface area is 260 Å². The average molecular weight is 602 g/mol. The van der Waals surface area contributed by atoms with Crippen LogP contribution in [0.4, 0.5) is 21.5 Å². The fourth-order valence-electron chi connectivity index (χ4n) is 6.73. The van der Waals surface area contributed by atoms with Crippen LogP contribution >= 0.6 is 0 Å². The van der Waals surface area contributed by atoms with E-state index in [1.165, 1.54) is 0 Å². The second-order valence-electron chi connectivity index (χ2n) is 12.2. The van der Waals surface area contributed by atoms with Gasteiger partial charge in [0.25, 0.3) is 0 Å². The van der Waals surface area contributed by atoms with Crippen molar-refractivity contribution in [2.75, 3.05) is 55.4 Å². The van der Waals surface area contributed by atoms with Gasteiger partial charge in [0.05, 0.1) is 7.11 Å². The van der Waals surface area contributed by atoms with Crippen molar-refractivity contribution in [1.29, 1.82) is 0 Å². The Balaban J connectivity index is 1.18. The lowest BCUT2D eigenvalue weighted by atomic mass is 9.78. The fourth-order valence-corrected chi connectivity index (χ4v) is 6.73. The Morgan fingerprint density at radius 1 is 1.02 bits per heavy atom. The highest BCUT2D eigenvalue weighted by atomic mass is 19.1. The molecule has 2 saturated heterocycles. The minimum Gasteiger partial charge on any atom is -0.497 e. The summed E-state index contributed by atoms with van der Waals surface area (Å²) in [6.07, 6.45) is 3.44. The van der Waals surface area contributed by atoms with E-state index >= 15 is 4.39 Å². The number of carbonyl (C=O) groups excluding carboxylic acids is 2. The number of likely N-dealkylation sites (tertiary alicyclic amines) is 1. The van der Waals surface area contributed by atoms with Gasteiger partial charge in [0.1, 0.15) is 11.4 Å². The summed E-state index contributed by atoms with van der Waals surface area (Å²) >= 11 is 0. The molecule has 2 atom stereocenters. The second-order valence-corrected chi connectivity index (χ2v) is 12.2. The van der Waals surface area contributed by atoms with Crippen LogP contribution in [0.1, 0.15) is 49.7 Å². The maximum atomic E-state index is 16.0. The maximum Gasteiger partial charge on any atom is 0.228 e. The van der Waals surface area contributed by atoms with E-state index in [1.807, 2.05) is 48.5 Å². The number of amides is 2. The topological polar surface area (TPSA) is 91.1 Å². The molecule has 2 amide bonds. The van der Waals surface area contributed by atoms with Crippen LogP contribution in [0.3, 0.4) is 0 Å². The number of imide groups is 1. The molecule has 2 heterocycles. The highest BCUT2D eigenvalue weighted by molar-refractivity contribution is 5.86. The minimum atomic E-state index is -1.28. The molecule has 8 nitrogen and oxygen atoms in total. The minimum absolute atomic E-state index is 0.110. The van der Waals surface area contributed by atoms with Crippen molar-refractivity contribution in [3.8, 4) is 5.75 Å². The molecule has 0 spiro atoms. The van der Waals surface area contributed by atoms with Crippen LogP contribution in [0.2, 0.25) is 0 Å². The number of halogens is 1. The largest absolute Gasteiger partial charge is 0.497 e. The van der Waals surface area contributed by atoms with E-state index < -0.39 is 5.67 Å². The van der Waals surface area contributed by atoms with Gasteiger partial charge in [0.2, 0.25) is 12.3 Å². The third kappa shape index (κ3) is 7.69. The van der Waals surface area contributed by atoms with Gasteiger partial charge >= 0.3 is 0 Å². The van der Waals surface area contributed by atoms with E-state index in [9.17, 15) is 9.59 Å². The Hall–Kier alpha value is -4.11. The van der Waals surface area contributed by atoms with Gasteiger partial charge in [-0.05, 0) is 92.4 Å². The van der Waals surface area contributed by atoms with Gasteiger partial charge in [-0.25, -0.2) is 4.39 Å². The molecule has 3 N–H and O–H groups in total. The first-order chi connectivity index (χ1) is 21.3. The molecule has 3 aromatic rings. The number of hydrogen-bond donors (Lipinski definition) is 2. The average Bonchev–Trinajstić information content (AvgIpc) is 3.04. The van der Waals surface area contributed by atoms with Gasteiger partial charge in [-0.15, -0.1) is 0 Å². The van der Waals surface area contributed by atoms with Crippen LogP contribution in [0, 0.1) is 0 Å². The number of nitrogen functional groups attached to an aromatic ring is 1. The highest BCUT2D eigenvalue weighted by Crippen LogP contribution is 2.40. The van der Waals surface area contributed by atoms with Crippen molar-refractivity contribution < 1.29 is 18.7 Å². The van der Waals surface area contributed by atoms with Crippen LogP contribution in [0.15, 0.2) is 72.8 Å². The van der Waals surface area contributed by atoms with E-state index in [0.717, 1.165) is 67.1 Å². The standard InChI is InChI=1S/C35H44FN5O3/c1-35(36)24-41(21-17-33(35)27-5-7-28(37)8-6-27)31-15-19-39(20-16-31)29-9-11-30(12-10-29)40(22-18-34(43)38-25-42)23-26-3-13-32(44-2)14-4-26/h3-14,25,31,33H,15-24,37H2,1-2H3,(H,38,42,43). The van der Waals surface area contributed by atoms with E-state index in [4.69, 9.17) is 10.5 Å². The number of methoxy groups -OCH3 is 1. The molecule has 2 fully saturated rings. The zero-order chi connectivity index (χ0) is 31.1. The Kier molecular flexibility index (Phi) is 10.0. The van der Waals surface area contributed by atoms with Gasteiger partial charge in [-0.2, -0.15) is 0 Å². The molecule has 2 aliphatic heterocycles. The van der Waals surface area contributed by atoms with Crippen molar-refractivity contribution in [2.24, 2.45) is 0 Å². The molecule has 9 heteroatoms. The number of nitrogens with two attached hydrogens (primary N) is 1. The number of ether oxygens (including phenoxy) is 1. The normalized spacial score (nSPS) is 21.1. The second kappa shape index (κ2) is 14.1. The van der Waals surface area contributed by atoms with Gasteiger partial charge in [-0.3, -0.25) is 19.8 Å². The van der Waals surface area contributed by atoms with E-state index in [-0.39, 0.29) is 18.2 Å². The summed E-state index contributed by atoms with van der Waals surface area (Å²) in [4.78, 5) is 29.6. The summed E-state index contributed by atoms with van der Waals surface area (Å²) in [6.45, 7) is 6.05. The number of alkyl halides is 1. The van der Waals surface area contributed by atoms with Gasteiger partial charge in [0.15, 0.2) is 0 Å². The Bertz CT molecular complexity index is 1370. The van der Waals surface area contributed by atoms with Crippen LogP contribution in [-0.2, 0) is 16.1 Å². The molecule has 0 aromatic heterocycles. The van der Waals surface area contributed by atoms with Crippen molar-refractivity contribution in [1.82, 2.24) is 10.2 Å². The summed E-state index contributed by atoms with van der Waals surface area (Å²) < 4.78 is 21.2. The lowest BCUT2D eigenvalue weighted by Gasteiger charge is -2.47. The van der Waals surface area contributed by atoms with E-state index in [1.54, 1.807) is 14.0 Å². The zero-order valence-electron chi connectivity index (χ0n) is 25.8. The molecule has 0 saturated carbocycles. The number of carbonyl (C=O) groups is 2. The first kappa shape index (κ1) is 31.3. The first-order valence-corrected chi connectivity index (χ1v) is 15.5. The molecule has 44 heavy (non-hydrogen) atoms. The number of rotatable bonds is 11. The summed E-state index contributed by atoms with van der Waals surface area (Å²) in [5, 5.41) is 2.23. The molecule has 2 unspecified atom stereocenters. The molecule has 0 bridgehead atoms. The number of hydrogen-bond acceptors (Lipinski definition) is 7. The van der Waals surface area contributed by atoms with Crippen molar-refractivity contribution in [3.63, 3.8) is 0 Å². The van der Waals surface area contributed by atoms with E-state index in [0.29, 0.717) is 37.8 Å². The van der Waals surface area contributed by atoms with Gasteiger partial charge in [-0.1, -0.05) is 24.3 Å². The summed E-state index contributed by atoms with van der Waals surface area (Å²) in [5.74, 6) is 0.378. The number of piperidine rings is 2. The molecule has 2 aliphatic rings. The van der Waals surface area contributed by atoms with Crippen LogP contribution < -0.4 is 25.6 Å². The first-order valence-electron chi connectivity index (χ1n) is 15.5. The smallest absolute Gasteiger partial charge is 0.228 e. The summed E-state index contributed by atoms with van der Waals surface area (Å²) in [6, 6.07) is 24.4. The van der Waals surface area contributed by atoms with E-state index in [2.05, 4.69) is 44.3 Å². The lowest BCUT2D eigenvalue weighted by Crippen LogP contribution is -2.54. The number of nitrogens with zero attached hydrogens (tertiary/aromatic N) is 3. The van der Waals surface area contributed by atoms with Crippen LogP contribution in [-0.4, -0.2) is 68.8 Å². The molecular formula is C35H44FN5O3. The summed E-state index contributed by atoms with van der Waals surface area (Å²) in [7, 11) is 1.64. The van der Waals surface area contributed by atoms with Crippen molar-refractivity contribution >= 4 is 29.4 Å². The van der Waals surface area contributed by atoms with Crippen LogP contribution in [0.25, 0.3) is 0 Å². The number of anilines is 3. The number of benzene rings is 3. The van der Waals surface area contributed by atoms with Crippen molar-refractivity contribution in [3.05, 3.63) is 83.9 Å². The predicted octanol–water partition coefficient (Wildman–Crippen LogP) is 5.13. The van der Waals surface area contributed by atoms with Gasteiger partial charge < -0.3 is 20.3 Å². The van der Waals surface area contributed by atoms with Gasteiger partial charge in [0, 0.05) is 68.2 Å². The molecule has 234 valence electrons. The highest BCUT2D eigenvalue weighted by Gasteiger charge is 2.42. The molecule has 5 rings (SSSR count). The molecule has 0 radical (unpaired) electrons. The lowest BCUT2D eigenvalue weighted by molar-refractivity contribution is -0.125. The maximum absolute atomic E-state index is 16.0. The van der Waals surface area contributed by atoms with Crippen LogP contribution in [0.5, 0.6) is 5.75 Å². The summed E-state index contributed by atoms with van der Waals surface area (Å²) in [5.41, 5.74) is 9.57. The Morgan fingerprint density at radius 3 is 2.32 bits per heavy atom. The quantitative estimate of drug-likeness (QED) is 0.233. The fraction of sp³-hybridized carbons (Fsp3) is 0.429. The molecular weight excluding hydrogens is 557 g/mol. The SMILES string of the molecule is COc1ccc(CN(CCC(=O)NC=O)c2ccc(N3CCC(N4CCC(c5ccc(N)cc5)C(C)(F)C4)CC3)cc2)cc1. The monoisotopic (exact) mass is 601 g/mol. The third-order valence-corrected chi connectivity index (χ3v) is 9.20. The predicted molar refractivity (Wildman–Crippen MR) is 174 cm³/mol.